The molecule has 2 aromatic carbocycles. The standard InChI is InChI=1S/C18H15BrN4O4S/c19-13-10-16(20-11-13)18(25)22-21-17(24)12-6-8-15(9-7-12)28(26,27)23-14-4-2-1-3-5-14/h1-11,20,23H,(H,21,24)(H,22,25). The zero-order valence-electron chi connectivity index (χ0n) is 14.3. The molecule has 144 valence electrons. The lowest BCUT2D eigenvalue weighted by Gasteiger charge is -2.09. The number of sulfonamides is 1. The van der Waals surface area contributed by atoms with Crippen LogP contribution in [0.15, 0.2) is 76.2 Å². The summed E-state index contributed by atoms with van der Waals surface area (Å²) < 4.78 is 27.9. The lowest BCUT2D eigenvalue weighted by molar-refractivity contribution is 0.0844. The number of hydrazine groups is 1. The van der Waals surface area contributed by atoms with Gasteiger partial charge in [-0.1, -0.05) is 18.2 Å². The SMILES string of the molecule is O=C(NNC(=O)c1cc(Br)c[nH]1)c1ccc(S(=O)(=O)Nc2ccccc2)cc1. The third-order valence-electron chi connectivity index (χ3n) is 3.63. The predicted octanol–water partition coefficient (Wildman–Crippen LogP) is 2.65. The van der Waals surface area contributed by atoms with Crippen LogP contribution in [0, 0.1) is 0 Å². The first-order valence-corrected chi connectivity index (χ1v) is 10.3. The molecule has 0 atom stereocenters. The number of hydrogen-bond donors (Lipinski definition) is 4. The minimum Gasteiger partial charge on any atom is -0.356 e. The number of benzene rings is 2. The van der Waals surface area contributed by atoms with Gasteiger partial charge in [0.1, 0.15) is 5.69 Å². The van der Waals surface area contributed by atoms with Crippen LogP contribution in [0.1, 0.15) is 20.8 Å². The molecule has 10 heteroatoms. The van der Waals surface area contributed by atoms with Crippen molar-refractivity contribution < 1.29 is 18.0 Å². The average molecular weight is 463 g/mol. The van der Waals surface area contributed by atoms with Crippen molar-refractivity contribution in [2.75, 3.05) is 4.72 Å². The van der Waals surface area contributed by atoms with E-state index in [0.717, 1.165) is 0 Å². The molecule has 0 radical (unpaired) electrons. The number of carbonyl (C=O) groups excluding carboxylic acids is 2. The molecule has 0 aliphatic rings. The summed E-state index contributed by atoms with van der Waals surface area (Å²) in [6.07, 6.45) is 1.58. The highest BCUT2D eigenvalue weighted by Crippen LogP contribution is 2.16. The van der Waals surface area contributed by atoms with Gasteiger partial charge in [-0.3, -0.25) is 25.2 Å². The largest absolute Gasteiger partial charge is 0.356 e. The summed E-state index contributed by atoms with van der Waals surface area (Å²) in [4.78, 5) is 26.8. The summed E-state index contributed by atoms with van der Waals surface area (Å²) in [5.74, 6) is -1.11. The minimum atomic E-state index is -3.78. The molecule has 8 nitrogen and oxygen atoms in total. The van der Waals surface area contributed by atoms with Crippen LogP contribution >= 0.6 is 15.9 Å². The number of hydrogen-bond acceptors (Lipinski definition) is 4. The molecule has 0 aliphatic carbocycles. The van der Waals surface area contributed by atoms with Gasteiger partial charge in [-0.05, 0) is 58.4 Å². The van der Waals surface area contributed by atoms with E-state index in [9.17, 15) is 18.0 Å². The van der Waals surface area contributed by atoms with Crippen LogP contribution < -0.4 is 15.6 Å². The van der Waals surface area contributed by atoms with Gasteiger partial charge in [0, 0.05) is 21.9 Å². The highest BCUT2D eigenvalue weighted by Gasteiger charge is 2.16. The van der Waals surface area contributed by atoms with E-state index < -0.39 is 21.8 Å². The second-order valence-electron chi connectivity index (χ2n) is 5.64. The van der Waals surface area contributed by atoms with Crippen LogP contribution in [-0.4, -0.2) is 25.2 Å². The third kappa shape index (κ3) is 4.78. The Morgan fingerprint density at radius 2 is 1.54 bits per heavy atom. The van der Waals surface area contributed by atoms with Crippen molar-refractivity contribution in [2.45, 2.75) is 4.90 Å². The van der Waals surface area contributed by atoms with Gasteiger partial charge in [-0.2, -0.15) is 0 Å². The lowest BCUT2D eigenvalue weighted by atomic mass is 10.2. The number of amides is 2. The maximum atomic E-state index is 12.4. The molecule has 2 amide bonds. The Morgan fingerprint density at radius 3 is 2.14 bits per heavy atom. The number of para-hydroxylation sites is 1. The van der Waals surface area contributed by atoms with E-state index >= 15 is 0 Å². The smallest absolute Gasteiger partial charge is 0.286 e. The van der Waals surface area contributed by atoms with Crippen LogP contribution in [-0.2, 0) is 10.0 Å². The van der Waals surface area contributed by atoms with Crippen molar-refractivity contribution >= 4 is 43.5 Å². The molecule has 0 aliphatic heterocycles. The lowest BCUT2D eigenvalue weighted by Crippen LogP contribution is -2.41. The van der Waals surface area contributed by atoms with Gasteiger partial charge >= 0.3 is 0 Å². The van der Waals surface area contributed by atoms with Crippen LogP contribution in [0.4, 0.5) is 5.69 Å². The summed E-state index contributed by atoms with van der Waals surface area (Å²) in [7, 11) is -3.78. The molecule has 1 aromatic heterocycles. The maximum Gasteiger partial charge on any atom is 0.286 e. The summed E-state index contributed by atoms with van der Waals surface area (Å²) in [5.41, 5.74) is 5.42. The molecule has 0 bridgehead atoms. The first kappa shape index (κ1) is 19.6. The normalized spacial score (nSPS) is 10.9. The van der Waals surface area contributed by atoms with E-state index in [0.29, 0.717) is 10.2 Å². The number of aromatic nitrogens is 1. The molecular formula is C18H15BrN4O4S. The summed E-state index contributed by atoms with van der Waals surface area (Å²) in [5, 5.41) is 0. The maximum absolute atomic E-state index is 12.4. The fourth-order valence-corrected chi connectivity index (χ4v) is 3.66. The monoisotopic (exact) mass is 462 g/mol. The Hall–Kier alpha value is -3.11. The number of anilines is 1. The molecular weight excluding hydrogens is 448 g/mol. The second kappa shape index (κ2) is 8.28. The number of rotatable bonds is 5. The van der Waals surface area contributed by atoms with Crippen molar-refractivity contribution in [1.82, 2.24) is 15.8 Å². The molecule has 3 aromatic rings. The summed E-state index contributed by atoms with van der Waals surface area (Å²) in [6.45, 7) is 0. The van der Waals surface area contributed by atoms with Gasteiger partial charge in [0.25, 0.3) is 21.8 Å². The first-order chi connectivity index (χ1) is 13.3. The van der Waals surface area contributed by atoms with Crippen LogP contribution in [0.2, 0.25) is 0 Å². The van der Waals surface area contributed by atoms with Crippen molar-refractivity contribution in [3.63, 3.8) is 0 Å². The minimum absolute atomic E-state index is 0.00757. The van der Waals surface area contributed by atoms with E-state index in [2.05, 4.69) is 36.5 Å². The molecule has 28 heavy (non-hydrogen) atoms. The Labute approximate surface area is 169 Å². The van der Waals surface area contributed by atoms with Gasteiger partial charge < -0.3 is 4.98 Å². The molecule has 0 saturated carbocycles. The van der Waals surface area contributed by atoms with Crippen LogP contribution in [0.25, 0.3) is 0 Å². The topological polar surface area (TPSA) is 120 Å². The Balaban J connectivity index is 1.63. The predicted molar refractivity (Wildman–Crippen MR) is 107 cm³/mol. The highest BCUT2D eigenvalue weighted by molar-refractivity contribution is 9.10. The molecule has 0 saturated heterocycles. The van der Waals surface area contributed by atoms with Gasteiger partial charge in [-0.25, -0.2) is 8.42 Å². The molecule has 3 rings (SSSR count). The van der Waals surface area contributed by atoms with E-state index in [1.54, 1.807) is 42.6 Å². The van der Waals surface area contributed by atoms with Crippen molar-refractivity contribution in [3.05, 3.63) is 82.6 Å². The molecule has 0 fully saturated rings. The van der Waals surface area contributed by atoms with E-state index in [-0.39, 0.29) is 16.2 Å². The number of nitrogens with one attached hydrogen (secondary N) is 4. The number of aromatic amines is 1. The van der Waals surface area contributed by atoms with Crippen LogP contribution in [0.5, 0.6) is 0 Å². The zero-order chi connectivity index (χ0) is 20.1. The fourth-order valence-electron chi connectivity index (χ4n) is 2.26. The van der Waals surface area contributed by atoms with Gasteiger partial charge in [0.15, 0.2) is 0 Å². The van der Waals surface area contributed by atoms with Gasteiger partial charge in [-0.15, -0.1) is 0 Å². The zero-order valence-corrected chi connectivity index (χ0v) is 16.7. The van der Waals surface area contributed by atoms with E-state index in [1.165, 1.54) is 24.3 Å². The van der Waals surface area contributed by atoms with Crippen molar-refractivity contribution in [3.8, 4) is 0 Å². The van der Waals surface area contributed by atoms with Crippen molar-refractivity contribution in [1.29, 1.82) is 0 Å². The molecule has 0 spiro atoms. The summed E-state index contributed by atoms with van der Waals surface area (Å²) >= 11 is 3.21. The van der Waals surface area contributed by atoms with E-state index in [1.807, 2.05) is 0 Å². The quantitative estimate of drug-likeness (QED) is 0.435. The average Bonchev–Trinajstić information content (AvgIpc) is 3.13. The summed E-state index contributed by atoms with van der Waals surface area (Å²) in [6, 6.07) is 15.3. The van der Waals surface area contributed by atoms with Crippen LogP contribution in [0.3, 0.4) is 0 Å². The Kier molecular flexibility index (Phi) is 5.81. The fraction of sp³-hybridized carbons (Fsp3) is 0. The van der Waals surface area contributed by atoms with Crippen molar-refractivity contribution in [2.24, 2.45) is 0 Å². The van der Waals surface area contributed by atoms with E-state index in [4.69, 9.17) is 0 Å². The molecule has 4 N–H and O–H groups in total. The highest BCUT2D eigenvalue weighted by atomic mass is 79.9. The second-order valence-corrected chi connectivity index (χ2v) is 8.23. The number of H-pyrrole nitrogens is 1. The third-order valence-corrected chi connectivity index (χ3v) is 5.49. The molecule has 1 heterocycles. The van der Waals surface area contributed by atoms with Gasteiger partial charge in [0.2, 0.25) is 0 Å². The molecule has 0 unspecified atom stereocenters. The number of halogens is 1. The Bertz CT molecular complexity index is 1100. The first-order valence-electron chi connectivity index (χ1n) is 7.98. The Morgan fingerprint density at radius 1 is 0.893 bits per heavy atom. The van der Waals surface area contributed by atoms with Gasteiger partial charge in [0.05, 0.1) is 4.90 Å². The number of carbonyl (C=O) groups is 2.